The molecule has 8 bridgehead atoms. The van der Waals surface area contributed by atoms with Crippen LogP contribution in [0.25, 0.3) is 0 Å². The van der Waals surface area contributed by atoms with Crippen molar-refractivity contribution in [3.05, 3.63) is 0 Å². The van der Waals surface area contributed by atoms with Crippen molar-refractivity contribution in [2.45, 2.75) is 38.3 Å². The molecule has 0 amide bonds. The van der Waals surface area contributed by atoms with Crippen LogP contribution in [0.4, 0.5) is 0 Å². The van der Waals surface area contributed by atoms with Crippen LogP contribution in [0.2, 0.25) is 0 Å². The zero-order chi connectivity index (χ0) is 13.3. The molecular weight excluding hydrogens is 256 g/mol. The van der Waals surface area contributed by atoms with Crippen LogP contribution in [-0.4, -0.2) is 36.0 Å². The molecule has 8 aliphatic rings. The van der Waals surface area contributed by atoms with Gasteiger partial charge in [0.2, 0.25) is 0 Å². The summed E-state index contributed by atoms with van der Waals surface area (Å²) in [5, 5.41) is 0. The fraction of sp³-hybridized carbons (Fsp3) is 0.875. The third kappa shape index (κ3) is 0.536. The molecule has 6 aliphatic carbocycles. The van der Waals surface area contributed by atoms with Gasteiger partial charge in [-0.1, -0.05) is 0 Å². The van der Waals surface area contributed by atoms with Crippen molar-refractivity contribution >= 4 is 11.6 Å². The molecule has 0 aromatic rings. The van der Waals surface area contributed by atoms with Crippen LogP contribution in [0, 0.1) is 46.3 Å². The molecule has 6 saturated carbocycles. The highest BCUT2D eigenvalue weighted by molar-refractivity contribution is 5.99. The molecule has 8 rings (SSSR count). The second-order valence-electron chi connectivity index (χ2n) is 8.24. The lowest BCUT2D eigenvalue weighted by atomic mass is 9.47. The SMILES string of the molecule is CC(=O)C12[C@@H]3C4C5[C@H]1[C@@H]1O[C@@H]1[C@H]5C2(C(C)=O)[C@H]4[C@@H]1O[C@@H]13. The Morgan fingerprint density at radius 3 is 1.25 bits per heavy atom. The predicted molar refractivity (Wildman–Crippen MR) is 64.5 cm³/mol. The molecule has 20 heavy (non-hydrogen) atoms. The normalized spacial score (nSPS) is 77.9. The molecule has 12 atom stereocenters. The molecule has 4 unspecified atom stereocenters. The number of hydrogen-bond donors (Lipinski definition) is 0. The zero-order valence-electron chi connectivity index (χ0n) is 11.4. The molecule has 4 heteroatoms. The first-order valence-corrected chi connectivity index (χ1v) is 7.92. The average Bonchev–Trinajstić information content (AvgIpc) is 3.17. The number of epoxide rings is 2. The molecular formula is C16H16O4. The number of Topliss-reactive ketones (excluding diaryl/α,β-unsaturated/α-hetero) is 2. The number of hydrogen-bond acceptors (Lipinski definition) is 4. The Morgan fingerprint density at radius 2 is 1.00 bits per heavy atom. The summed E-state index contributed by atoms with van der Waals surface area (Å²) in [4.78, 5) is 25.6. The minimum Gasteiger partial charge on any atom is -0.369 e. The van der Waals surface area contributed by atoms with Gasteiger partial charge < -0.3 is 9.47 Å². The number of ketones is 2. The lowest BCUT2D eigenvalue weighted by Crippen LogP contribution is -2.61. The Bertz CT molecular complexity index is 565. The van der Waals surface area contributed by atoms with E-state index in [1.807, 2.05) is 0 Å². The van der Waals surface area contributed by atoms with Crippen LogP contribution in [0.1, 0.15) is 13.8 Å². The fourth-order valence-electron chi connectivity index (χ4n) is 9.03. The number of carbonyl (C=O) groups is 2. The molecule has 0 spiro atoms. The Morgan fingerprint density at radius 1 is 0.700 bits per heavy atom. The molecule has 4 nitrogen and oxygen atoms in total. The standard InChI is InChI=1S/C16H16O4/c1-3(17)15-7-5-6-8(15)12-14(20-12)10(6)16(15,4(2)18)9(5)13-11(7)19-13/h5-14H,1-2H3/t5?,6?,7-,8+,9-,10+,11-,12+,13+,14-,15?,16?. The zero-order valence-corrected chi connectivity index (χ0v) is 11.4. The molecule has 2 aliphatic heterocycles. The van der Waals surface area contributed by atoms with Crippen LogP contribution in [-0.2, 0) is 19.1 Å². The van der Waals surface area contributed by atoms with E-state index in [0.29, 0.717) is 35.5 Å². The van der Waals surface area contributed by atoms with Crippen LogP contribution < -0.4 is 0 Å². The molecule has 8 fully saturated rings. The van der Waals surface area contributed by atoms with Gasteiger partial charge in [0.15, 0.2) is 0 Å². The van der Waals surface area contributed by atoms with E-state index in [2.05, 4.69) is 0 Å². The van der Waals surface area contributed by atoms with E-state index in [9.17, 15) is 9.59 Å². The van der Waals surface area contributed by atoms with Crippen LogP contribution in [0.15, 0.2) is 0 Å². The number of ether oxygens (including phenoxy) is 2. The molecule has 2 heterocycles. The topological polar surface area (TPSA) is 59.2 Å². The van der Waals surface area contributed by atoms with Crippen molar-refractivity contribution in [3.8, 4) is 0 Å². The monoisotopic (exact) mass is 272 g/mol. The van der Waals surface area contributed by atoms with Gasteiger partial charge in [-0.25, -0.2) is 0 Å². The molecule has 0 N–H and O–H groups in total. The minimum absolute atomic E-state index is 0.253. The van der Waals surface area contributed by atoms with Crippen molar-refractivity contribution in [1.82, 2.24) is 0 Å². The molecule has 2 saturated heterocycles. The van der Waals surface area contributed by atoms with E-state index < -0.39 is 10.8 Å². The van der Waals surface area contributed by atoms with E-state index in [1.54, 1.807) is 13.8 Å². The lowest BCUT2D eigenvalue weighted by Gasteiger charge is -2.50. The summed E-state index contributed by atoms with van der Waals surface area (Å²) >= 11 is 0. The van der Waals surface area contributed by atoms with Crippen LogP contribution in [0.5, 0.6) is 0 Å². The third-order valence-electron chi connectivity index (χ3n) is 8.59. The van der Waals surface area contributed by atoms with Gasteiger partial charge in [-0.05, 0) is 25.7 Å². The predicted octanol–water partition coefficient (Wildman–Crippen LogP) is 0.437. The Kier molecular flexibility index (Phi) is 1.13. The smallest absolute Gasteiger partial charge is 0.137 e. The highest BCUT2D eigenvalue weighted by Gasteiger charge is 3.03. The van der Waals surface area contributed by atoms with E-state index in [0.717, 1.165) is 0 Å². The third-order valence-corrected chi connectivity index (χ3v) is 8.59. The number of rotatable bonds is 2. The molecule has 0 radical (unpaired) electrons. The molecule has 0 aromatic carbocycles. The van der Waals surface area contributed by atoms with Crippen molar-refractivity contribution in [3.63, 3.8) is 0 Å². The number of carbonyl (C=O) groups excluding carboxylic acids is 2. The minimum atomic E-state index is -0.418. The highest BCUT2D eigenvalue weighted by Crippen LogP contribution is 2.97. The van der Waals surface area contributed by atoms with E-state index in [1.165, 1.54) is 0 Å². The average molecular weight is 272 g/mol. The Hall–Kier alpha value is -0.740. The maximum atomic E-state index is 12.8. The maximum absolute atomic E-state index is 12.8. The largest absolute Gasteiger partial charge is 0.369 e. The summed E-state index contributed by atoms with van der Waals surface area (Å²) < 4.78 is 11.8. The van der Waals surface area contributed by atoms with Gasteiger partial charge in [0, 0.05) is 23.7 Å². The summed E-state index contributed by atoms with van der Waals surface area (Å²) in [6.45, 7) is 3.46. The lowest BCUT2D eigenvalue weighted by molar-refractivity contribution is -0.158. The summed E-state index contributed by atoms with van der Waals surface area (Å²) in [5.41, 5.74) is -0.836. The van der Waals surface area contributed by atoms with Crippen molar-refractivity contribution in [2.75, 3.05) is 0 Å². The van der Waals surface area contributed by atoms with E-state index in [4.69, 9.17) is 9.47 Å². The molecule has 0 aromatic heterocycles. The number of fused-ring (bicyclic) bond motifs is 2. The summed E-state index contributed by atoms with van der Waals surface area (Å²) in [5.74, 6) is 2.98. The van der Waals surface area contributed by atoms with Crippen LogP contribution >= 0.6 is 0 Å². The van der Waals surface area contributed by atoms with Crippen molar-refractivity contribution < 1.29 is 19.1 Å². The van der Waals surface area contributed by atoms with Gasteiger partial charge in [0.05, 0.1) is 35.2 Å². The highest BCUT2D eigenvalue weighted by atomic mass is 16.6. The van der Waals surface area contributed by atoms with Crippen molar-refractivity contribution in [2.24, 2.45) is 46.3 Å². The molecule has 104 valence electrons. The maximum Gasteiger partial charge on any atom is 0.137 e. The van der Waals surface area contributed by atoms with Gasteiger partial charge in [0.25, 0.3) is 0 Å². The van der Waals surface area contributed by atoms with Crippen molar-refractivity contribution in [1.29, 1.82) is 0 Å². The first-order valence-electron chi connectivity index (χ1n) is 7.92. The first kappa shape index (κ1) is 10.1. The van der Waals surface area contributed by atoms with Gasteiger partial charge in [-0.3, -0.25) is 9.59 Å². The second-order valence-corrected chi connectivity index (χ2v) is 8.24. The Labute approximate surface area is 116 Å². The van der Waals surface area contributed by atoms with Crippen LogP contribution in [0.3, 0.4) is 0 Å². The fourth-order valence-corrected chi connectivity index (χ4v) is 9.03. The van der Waals surface area contributed by atoms with Gasteiger partial charge in [-0.15, -0.1) is 0 Å². The van der Waals surface area contributed by atoms with Gasteiger partial charge in [-0.2, -0.15) is 0 Å². The summed E-state index contributed by atoms with van der Waals surface area (Å²) in [6.07, 6.45) is 1.13. The Balaban J connectivity index is 1.64. The van der Waals surface area contributed by atoms with Gasteiger partial charge in [0.1, 0.15) is 11.6 Å². The second kappa shape index (κ2) is 2.24. The van der Waals surface area contributed by atoms with E-state index in [-0.39, 0.29) is 36.0 Å². The van der Waals surface area contributed by atoms with Gasteiger partial charge >= 0.3 is 0 Å². The quantitative estimate of drug-likeness (QED) is 0.684. The van der Waals surface area contributed by atoms with E-state index >= 15 is 0 Å². The summed E-state index contributed by atoms with van der Waals surface area (Å²) in [6, 6.07) is 0. The first-order chi connectivity index (χ1) is 9.59. The summed E-state index contributed by atoms with van der Waals surface area (Å²) in [7, 11) is 0.